The van der Waals surface area contributed by atoms with Crippen molar-refractivity contribution in [3.8, 4) is 11.5 Å². The summed E-state index contributed by atoms with van der Waals surface area (Å²) in [7, 11) is -4.16. The van der Waals surface area contributed by atoms with Gasteiger partial charge in [-0.2, -0.15) is 0 Å². The maximum Gasteiger partial charge on any atom is 0.239 e. The summed E-state index contributed by atoms with van der Waals surface area (Å²) in [5, 5.41) is 3.36. The minimum atomic E-state index is -4.16. The molecule has 2 aliphatic rings. The number of sulfone groups is 1. The maximum atomic E-state index is 14.2. The van der Waals surface area contributed by atoms with Gasteiger partial charge in [-0.25, -0.2) is 8.42 Å². The van der Waals surface area contributed by atoms with Crippen LogP contribution in [0.15, 0.2) is 53.7 Å². The third-order valence-electron chi connectivity index (χ3n) is 6.72. The van der Waals surface area contributed by atoms with Crippen molar-refractivity contribution < 1.29 is 17.9 Å². The minimum Gasteiger partial charge on any atom is -0.456 e. The van der Waals surface area contributed by atoms with Crippen molar-refractivity contribution in [2.45, 2.75) is 48.2 Å². The predicted molar refractivity (Wildman–Crippen MR) is 117 cm³/mol. The SMILES string of the molecule is NC(=O)C1(S(=O)(=O)c2cnccc2Oc2ccccc2)CCCCC1C1CCCNC1. The van der Waals surface area contributed by atoms with E-state index in [1.165, 1.54) is 18.5 Å². The zero-order chi connectivity index (χ0) is 21.9. The number of amides is 1. The van der Waals surface area contributed by atoms with Crippen LogP contribution in [0.2, 0.25) is 0 Å². The van der Waals surface area contributed by atoms with Crippen LogP contribution in [0.4, 0.5) is 0 Å². The molecule has 0 radical (unpaired) electrons. The molecule has 3 unspecified atom stereocenters. The number of piperidine rings is 1. The van der Waals surface area contributed by atoms with Crippen molar-refractivity contribution in [3.63, 3.8) is 0 Å². The Labute approximate surface area is 183 Å². The molecule has 2 fully saturated rings. The molecule has 31 heavy (non-hydrogen) atoms. The Morgan fingerprint density at radius 2 is 1.94 bits per heavy atom. The number of aromatic nitrogens is 1. The summed E-state index contributed by atoms with van der Waals surface area (Å²) < 4.78 is 32.6. The fourth-order valence-corrected chi connectivity index (χ4v) is 7.60. The first kappa shape index (κ1) is 21.8. The van der Waals surface area contributed by atoms with E-state index in [2.05, 4.69) is 10.3 Å². The number of nitrogens with zero attached hydrogens (tertiary/aromatic N) is 1. The van der Waals surface area contributed by atoms with E-state index in [0.29, 0.717) is 25.1 Å². The van der Waals surface area contributed by atoms with Crippen molar-refractivity contribution >= 4 is 15.7 Å². The first-order valence-corrected chi connectivity index (χ1v) is 12.4. The smallest absolute Gasteiger partial charge is 0.239 e. The number of nitrogens with one attached hydrogen (secondary N) is 1. The molecule has 3 atom stereocenters. The summed E-state index contributed by atoms with van der Waals surface area (Å²) >= 11 is 0. The lowest BCUT2D eigenvalue weighted by atomic mass is 9.69. The lowest BCUT2D eigenvalue weighted by Gasteiger charge is -2.45. The molecule has 0 spiro atoms. The topological polar surface area (TPSA) is 111 Å². The highest BCUT2D eigenvalue weighted by molar-refractivity contribution is 7.93. The number of primary amides is 1. The highest BCUT2D eigenvalue weighted by Gasteiger charge is 2.59. The molecule has 1 saturated heterocycles. The Morgan fingerprint density at radius 3 is 2.65 bits per heavy atom. The summed E-state index contributed by atoms with van der Waals surface area (Å²) in [5.74, 6) is -0.340. The summed E-state index contributed by atoms with van der Waals surface area (Å²) in [6, 6.07) is 10.5. The summed E-state index contributed by atoms with van der Waals surface area (Å²) in [5.41, 5.74) is 5.93. The van der Waals surface area contributed by atoms with Gasteiger partial charge in [-0.05, 0) is 62.7 Å². The van der Waals surface area contributed by atoms with Crippen molar-refractivity contribution in [1.29, 1.82) is 0 Å². The quantitative estimate of drug-likeness (QED) is 0.710. The standard InChI is InChI=1S/C23H29N3O4S/c24-22(27)23(12-5-4-10-19(23)17-7-6-13-25-15-17)31(28,29)21-16-26-14-11-20(21)30-18-8-2-1-3-9-18/h1-3,8-9,11,14,16-17,19,25H,4-7,10,12-13,15H2,(H2,24,27). The number of hydrogen-bond acceptors (Lipinski definition) is 6. The van der Waals surface area contributed by atoms with Crippen LogP contribution in [0.5, 0.6) is 11.5 Å². The van der Waals surface area contributed by atoms with Crippen LogP contribution < -0.4 is 15.8 Å². The number of hydrogen-bond donors (Lipinski definition) is 2. The fourth-order valence-electron chi connectivity index (χ4n) is 5.25. The van der Waals surface area contributed by atoms with Crippen LogP contribution in [0.25, 0.3) is 0 Å². The summed E-state index contributed by atoms with van der Waals surface area (Å²) in [6.07, 6.45) is 7.06. The van der Waals surface area contributed by atoms with E-state index in [0.717, 1.165) is 25.8 Å². The number of nitrogens with two attached hydrogens (primary N) is 1. The monoisotopic (exact) mass is 443 g/mol. The van der Waals surface area contributed by atoms with Crippen molar-refractivity contribution in [1.82, 2.24) is 10.3 Å². The van der Waals surface area contributed by atoms with Gasteiger partial charge in [-0.3, -0.25) is 9.78 Å². The second-order valence-electron chi connectivity index (χ2n) is 8.45. The van der Waals surface area contributed by atoms with E-state index < -0.39 is 20.5 Å². The molecular formula is C23H29N3O4S. The minimum absolute atomic E-state index is 0.0756. The van der Waals surface area contributed by atoms with Crippen molar-refractivity contribution in [3.05, 3.63) is 48.8 Å². The van der Waals surface area contributed by atoms with E-state index in [-0.39, 0.29) is 28.9 Å². The first-order valence-electron chi connectivity index (χ1n) is 10.9. The van der Waals surface area contributed by atoms with E-state index in [1.807, 2.05) is 18.2 Å². The van der Waals surface area contributed by atoms with Crippen LogP contribution >= 0.6 is 0 Å². The van der Waals surface area contributed by atoms with Gasteiger partial charge < -0.3 is 15.8 Å². The van der Waals surface area contributed by atoms with Gasteiger partial charge in [0.2, 0.25) is 5.91 Å². The molecule has 8 heteroatoms. The Balaban J connectivity index is 1.80. The number of para-hydroxylation sites is 1. The van der Waals surface area contributed by atoms with Gasteiger partial charge >= 0.3 is 0 Å². The van der Waals surface area contributed by atoms with Crippen LogP contribution in [0, 0.1) is 11.8 Å². The Hall–Kier alpha value is -2.45. The number of pyridine rings is 1. The van der Waals surface area contributed by atoms with E-state index in [4.69, 9.17) is 10.5 Å². The van der Waals surface area contributed by atoms with Gasteiger partial charge in [0.25, 0.3) is 0 Å². The molecule has 1 saturated carbocycles. The predicted octanol–water partition coefficient (Wildman–Crippen LogP) is 3.06. The van der Waals surface area contributed by atoms with Gasteiger partial charge in [-0.15, -0.1) is 0 Å². The largest absolute Gasteiger partial charge is 0.456 e. The van der Waals surface area contributed by atoms with Crippen molar-refractivity contribution in [2.75, 3.05) is 13.1 Å². The number of carbonyl (C=O) groups excluding carboxylic acids is 1. The molecule has 2 aromatic rings. The molecule has 166 valence electrons. The molecule has 4 rings (SSSR count). The van der Waals surface area contributed by atoms with Crippen molar-refractivity contribution in [2.24, 2.45) is 17.6 Å². The van der Waals surface area contributed by atoms with Gasteiger partial charge in [0.1, 0.15) is 16.4 Å². The average molecular weight is 444 g/mol. The molecular weight excluding hydrogens is 414 g/mol. The molecule has 1 amide bonds. The molecule has 7 nitrogen and oxygen atoms in total. The van der Waals surface area contributed by atoms with Gasteiger partial charge in [0.15, 0.2) is 14.6 Å². The van der Waals surface area contributed by atoms with Crippen LogP contribution in [0.3, 0.4) is 0 Å². The second kappa shape index (κ2) is 8.96. The van der Waals surface area contributed by atoms with E-state index >= 15 is 0 Å². The molecule has 0 bridgehead atoms. The fraction of sp³-hybridized carbons (Fsp3) is 0.478. The number of rotatable bonds is 6. The third-order valence-corrected chi connectivity index (χ3v) is 9.27. The van der Waals surface area contributed by atoms with E-state index in [1.54, 1.807) is 12.1 Å². The normalized spacial score (nSPS) is 26.8. The van der Waals surface area contributed by atoms with Crippen LogP contribution in [-0.2, 0) is 14.6 Å². The highest BCUT2D eigenvalue weighted by Crippen LogP contribution is 2.49. The molecule has 3 N–H and O–H groups in total. The first-order chi connectivity index (χ1) is 15.0. The number of benzene rings is 1. The summed E-state index contributed by atoms with van der Waals surface area (Å²) in [4.78, 5) is 17.0. The molecule has 1 aromatic heterocycles. The number of ether oxygens (including phenoxy) is 1. The second-order valence-corrected chi connectivity index (χ2v) is 10.6. The summed E-state index contributed by atoms with van der Waals surface area (Å²) in [6.45, 7) is 1.62. The molecule has 1 aliphatic carbocycles. The Bertz CT molecular complexity index is 1020. The number of carbonyl (C=O) groups is 1. The molecule has 2 heterocycles. The molecule has 1 aromatic carbocycles. The maximum absolute atomic E-state index is 14.2. The van der Waals surface area contributed by atoms with Gasteiger partial charge in [0, 0.05) is 18.5 Å². The zero-order valence-electron chi connectivity index (χ0n) is 17.5. The van der Waals surface area contributed by atoms with Crippen LogP contribution in [0.1, 0.15) is 38.5 Å². The average Bonchev–Trinajstić information content (AvgIpc) is 2.80. The lowest BCUT2D eigenvalue weighted by Crippen LogP contribution is -2.60. The molecule has 1 aliphatic heterocycles. The lowest BCUT2D eigenvalue weighted by molar-refractivity contribution is -0.123. The third kappa shape index (κ3) is 3.94. The van der Waals surface area contributed by atoms with Gasteiger partial charge in [0.05, 0.1) is 0 Å². The van der Waals surface area contributed by atoms with E-state index in [9.17, 15) is 13.2 Å². The van der Waals surface area contributed by atoms with Crippen LogP contribution in [-0.4, -0.2) is 37.1 Å². The Morgan fingerprint density at radius 1 is 1.13 bits per heavy atom. The highest BCUT2D eigenvalue weighted by atomic mass is 32.2. The van der Waals surface area contributed by atoms with Gasteiger partial charge in [-0.1, -0.05) is 31.0 Å². The zero-order valence-corrected chi connectivity index (χ0v) is 18.3. The Kier molecular flexibility index (Phi) is 6.29.